The van der Waals surface area contributed by atoms with Crippen molar-refractivity contribution >= 4 is 23.3 Å². The molecule has 0 saturated heterocycles. The van der Waals surface area contributed by atoms with Crippen LogP contribution in [0.1, 0.15) is 20.8 Å². The fraction of sp³-hybridized carbons (Fsp3) is 0.238. The van der Waals surface area contributed by atoms with E-state index in [2.05, 4.69) is 25.5 Å². The van der Waals surface area contributed by atoms with Gasteiger partial charge in [0.15, 0.2) is 11.5 Å². The number of carbonyl (C=O) groups is 2. The molecule has 11 heteroatoms. The second-order valence-electron chi connectivity index (χ2n) is 7.08. The number of nitrogens with one attached hydrogen (secondary N) is 1. The highest BCUT2D eigenvalue weighted by molar-refractivity contribution is 6.10. The molecule has 0 aliphatic carbocycles. The highest BCUT2D eigenvalue weighted by atomic mass is 16.5. The summed E-state index contributed by atoms with van der Waals surface area (Å²) in [6.45, 7) is 0.775. The van der Waals surface area contributed by atoms with Gasteiger partial charge in [-0.1, -0.05) is 30.3 Å². The fourth-order valence-corrected chi connectivity index (χ4v) is 3.15. The maximum Gasteiger partial charge on any atom is 0.275 e. The Balaban J connectivity index is 1.57. The first kappa shape index (κ1) is 21.1. The van der Waals surface area contributed by atoms with Crippen LogP contribution in [0.15, 0.2) is 48.9 Å². The molecule has 0 atom stereocenters. The van der Waals surface area contributed by atoms with E-state index in [0.29, 0.717) is 24.6 Å². The molecule has 0 saturated carbocycles. The van der Waals surface area contributed by atoms with Gasteiger partial charge in [0.25, 0.3) is 11.8 Å². The molecule has 1 aromatic carbocycles. The highest BCUT2D eigenvalue weighted by Gasteiger charge is 2.25. The van der Waals surface area contributed by atoms with Crippen LogP contribution in [0.5, 0.6) is 0 Å². The van der Waals surface area contributed by atoms with Gasteiger partial charge in [0.1, 0.15) is 17.8 Å². The lowest BCUT2D eigenvalue weighted by Crippen LogP contribution is -2.31. The highest BCUT2D eigenvalue weighted by Crippen LogP contribution is 2.18. The van der Waals surface area contributed by atoms with Crippen molar-refractivity contribution in [1.29, 1.82) is 0 Å². The number of nitrogens with zero attached hydrogens (tertiary/aromatic N) is 7. The van der Waals surface area contributed by atoms with Crippen LogP contribution in [0.25, 0.3) is 17.0 Å². The van der Waals surface area contributed by atoms with Crippen molar-refractivity contribution < 1.29 is 14.3 Å². The number of benzene rings is 1. The molecule has 32 heavy (non-hydrogen) atoms. The standard InChI is InChI=1S/C21H22N8O3/c1-27(9-10-32-3)21(31)15-12-23-28(2)18(15)20(30)24-16-11-17-25-19(26-29(17)13-22-16)14-7-5-4-6-8-14/h4-8,11-13H,9-10H2,1-3H3,(H,24,30). The summed E-state index contributed by atoms with van der Waals surface area (Å²) < 4.78 is 7.90. The summed E-state index contributed by atoms with van der Waals surface area (Å²) in [4.78, 5) is 35.9. The van der Waals surface area contributed by atoms with E-state index in [1.54, 1.807) is 27.3 Å². The van der Waals surface area contributed by atoms with E-state index in [0.717, 1.165) is 5.56 Å². The van der Waals surface area contributed by atoms with Crippen molar-refractivity contribution in [1.82, 2.24) is 34.3 Å². The van der Waals surface area contributed by atoms with E-state index in [4.69, 9.17) is 4.74 Å². The molecule has 0 spiro atoms. The van der Waals surface area contributed by atoms with E-state index in [-0.39, 0.29) is 23.0 Å². The molecule has 164 valence electrons. The van der Waals surface area contributed by atoms with Crippen LogP contribution >= 0.6 is 0 Å². The predicted octanol–water partition coefficient (Wildman–Crippen LogP) is 1.50. The van der Waals surface area contributed by atoms with Gasteiger partial charge in [-0.15, -0.1) is 5.10 Å². The van der Waals surface area contributed by atoms with Crippen LogP contribution in [0.3, 0.4) is 0 Å². The van der Waals surface area contributed by atoms with E-state index in [1.165, 1.54) is 26.6 Å². The van der Waals surface area contributed by atoms with Crippen molar-refractivity contribution in [2.24, 2.45) is 7.05 Å². The fourth-order valence-electron chi connectivity index (χ4n) is 3.15. The number of likely N-dealkylation sites (N-methyl/N-ethyl adjacent to an activating group) is 1. The first-order chi connectivity index (χ1) is 15.5. The molecule has 0 bridgehead atoms. The molecule has 4 rings (SSSR count). The Labute approximate surface area is 183 Å². The third-order valence-electron chi connectivity index (χ3n) is 4.87. The van der Waals surface area contributed by atoms with Crippen molar-refractivity contribution in [2.75, 3.05) is 32.6 Å². The van der Waals surface area contributed by atoms with Crippen molar-refractivity contribution in [2.45, 2.75) is 0 Å². The third-order valence-corrected chi connectivity index (χ3v) is 4.87. The predicted molar refractivity (Wildman–Crippen MR) is 116 cm³/mol. The number of methoxy groups -OCH3 is 1. The van der Waals surface area contributed by atoms with Crippen LogP contribution in [0.4, 0.5) is 5.82 Å². The second-order valence-corrected chi connectivity index (χ2v) is 7.08. The minimum absolute atomic E-state index is 0.132. The molecule has 2 amide bonds. The van der Waals surface area contributed by atoms with Gasteiger partial charge in [0, 0.05) is 39.4 Å². The first-order valence-electron chi connectivity index (χ1n) is 9.83. The maximum absolute atomic E-state index is 13.0. The zero-order chi connectivity index (χ0) is 22.7. The Kier molecular flexibility index (Phi) is 5.90. The number of ether oxygens (including phenoxy) is 1. The number of hydrogen-bond donors (Lipinski definition) is 1. The summed E-state index contributed by atoms with van der Waals surface area (Å²) in [6, 6.07) is 11.2. The summed E-state index contributed by atoms with van der Waals surface area (Å²) in [7, 11) is 4.80. The lowest BCUT2D eigenvalue weighted by Gasteiger charge is -2.16. The third kappa shape index (κ3) is 4.18. The topological polar surface area (TPSA) is 120 Å². The molecule has 4 aromatic rings. The van der Waals surface area contributed by atoms with Gasteiger partial charge in [-0.25, -0.2) is 14.5 Å². The SMILES string of the molecule is COCCN(C)C(=O)c1cnn(C)c1C(=O)Nc1cc2nc(-c3ccccc3)nn2cn1. The van der Waals surface area contributed by atoms with E-state index in [1.807, 2.05) is 30.3 Å². The van der Waals surface area contributed by atoms with Gasteiger partial charge in [0.2, 0.25) is 0 Å². The van der Waals surface area contributed by atoms with Crippen LogP contribution in [-0.4, -0.2) is 73.4 Å². The van der Waals surface area contributed by atoms with Gasteiger partial charge in [0.05, 0.1) is 18.4 Å². The molecule has 1 N–H and O–H groups in total. The number of anilines is 1. The average molecular weight is 434 g/mol. The smallest absolute Gasteiger partial charge is 0.275 e. The van der Waals surface area contributed by atoms with E-state index >= 15 is 0 Å². The maximum atomic E-state index is 13.0. The normalized spacial score (nSPS) is 11.0. The minimum Gasteiger partial charge on any atom is -0.383 e. The average Bonchev–Trinajstić information content (AvgIpc) is 3.40. The van der Waals surface area contributed by atoms with Gasteiger partial charge in [-0.2, -0.15) is 5.10 Å². The monoisotopic (exact) mass is 434 g/mol. The summed E-state index contributed by atoms with van der Waals surface area (Å²) in [5.74, 6) is -0.00171. The molecule has 3 heterocycles. The van der Waals surface area contributed by atoms with Crippen molar-refractivity contribution in [3.63, 3.8) is 0 Å². The molecular weight excluding hydrogens is 412 g/mol. The molecule has 0 aliphatic rings. The Morgan fingerprint density at radius 2 is 2.00 bits per heavy atom. The summed E-state index contributed by atoms with van der Waals surface area (Å²) in [5, 5.41) is 11.2. The van der Waals surface area contributed by atoms with Crippen molar-refractivity contribution in [3.8, 4) is 11.4 Å². The first-order valence-corrected chi connectivity index (χ1v) is 9.83. The summed E-state index contributed by atoms with van der Waals surface area (Å²) in [6.07, 6.45) is 2.85. The zero-order valence-corrected chi connectivity index (χ0v) is 17.9. The Morgan fingerprint density at radius 1 is 1.22 bits per heavy atom. The molecule has 0 unspecified atom stereocenters. The van der Waals surface area contributed by atoms with Gasteiger partial charge < -0.3 is 15.0 Å². The molecular formula is C21H22N8O3. The lowest BCUT2D eigenvalue weighted by atomic mass is 10.2. The number of aromatic nitrogens is 6. The summed E-state index contributed by atoms with van der Waals surface area (Å²) in [5.41, 5.74) is 1.72. The lowest BCUT2D eigenvalue weighted by molar-refractivity contribution is 0.0740. The van der Waals surface area contributed by atoms with Crippen LogP contribution in [-0.2, 0) is 11.8 Å². The van der Waals surface area contributed by atoms with Crippen LogP contribution in [0.2, 0.25) is 0 Å². The number of hydrogen-bond acceptors (Lipinski definition) is 7. The molecule has 3 aromatic heterocycles. The van der Waals surface area contributed by atoms with E-state index in [9.17, 15) is 9.59 Å². The van der Waals surface area contributed by atoms with Crippen LogP contribution in [0, 0.1) is 0 Å². The Morgan fingerprint density at radius 3 is 2.75 bits per heavy atom. The largest absolute Gasteiger partial charge is 0.383 e. The Bertz CT molecular complexity index is 1260. The molecule has 0 aliphatic heterocycles. The molecule has 11 nitrogen and oxygen atoms in total. The summed E-state index contributed by atoms with van der Waals surface area (Å²) >= 11 is 0. The zero-order valence-electron chi connectivity index (χ0n) is 17.9. The van der Waals surface area contributed by atoms with E-state index < -0.39 is 5.91 Å². The number of fused-ring (bicyclic) bond motifs is 1. The van der Waals surface area contributed by atoms with Gasteiger partial charge >= 0.3 is 0 Å². The quantitative estimate of drug-likeness (QED) is 0.468. The number of amides is 2. The molecule has 0 radical (unpaired) electrons. The van der Waals surface area contributed by atoms with Crippen molar-refractivity contribution in [3.05, 3.63) is 60.2 Å². The van der Waals surface area contributed by atoms with Gasteiger partial charge in [-0.05, 0) is 0 Å². The molecule has 0 fully saturated rings. The van der Waals surface area contributed by atoms with Crippen LogP contribution < -0.4 is 5.32 Å². The second kappa shape index (κ2) is 8.94. The minimum atomic E-state index is -0.506. The Hall–Kier alpha value is -4.12. The number of carbonyl (C=O) groups excluding carboxylic acids is 2. The van der Waals surface area contributed by atoms with Gasteiger partial charge in [-0.3, -0.25) is 14.3 Å². The number of aryl methyl sites for hydroxylation is 1. The number of rotatable bonds is 7.